The topological polar surface area (TPSA) is 43.9 Å². The molecule has 0 amide bonds. The van der Waals surface area contributed by atoms with Gasteiger partial charge in [-0.05, 0) is 65.3 Å². The average molecular weight is 962 g/mol. The second-order valence-corrected chi connectivity index (χ2v) is 22.9. The Kier molecular flexibility index (Phi) is 10.8. The zero-order valence-corrected chi connectivity index (χ0v) is 38.0. The minimum absolute atomic E-state index is 0. The van der Waals surface area contributed by atoms with E-state index in [1.54, 1.807) is 0 Å². The predicted molar refractivity (Wildman–Crippen MR) is 241 cm³/mol. The molecule has 9 aromatic rings. The fraction of sp³-hybridized carbons (Fsp3) is 0.240. The monoisotopic (exact) mass is 962 g/mol. The van der Waals surface area contributed by atoms with Crippen LogP contribution in [-0.4, -0.2) is 22.6 Å². The van der Waals surface area contributed by atoms with Gasteiger partial charge in [0.2, 0.25) is 0 Å². The molecule has 5 aromatic carbocycles. The van der Waals surface area contributed by atoms with E-state index >= 15 is 0 Å². The van der Waals surface area contributed by atoms with Gasteiger partial charge in [-0.1, -0.05) is 130 Å². The Hall–Kier alpha value is -4.65. The summed E-state index contributed by atoms with van der Waals surface area (Å²) in [5.74, 6) is 1.45. The van der Waals surface area contributed by atoms with Crippen LogP contribution in [0.15, 0.2) is 126 Å². The van der Waals surface area contributed by atoms with Crippen molar-refractivity contribution in [3.05, 3.63) is 144 Å². The third-order valence-electron chi connectivity index (χ3n) is 9.85. The molecule has 0 spiro atoms. The van der Waals surface area contributed by atoms with Crippen LogP contribution < -0.4 is 5.19 Å². The average Bonchev–Trinajstić information content (AvgIpc) is 3.90. The molecule has 0 N–H and O–H groups in total. The van der Waals surface area contributed by atoms with Crippen LogP contribution in [0.3, 0.4) is 0 Å². The summed E-state index contributed by atoms with van der Waals surface area (Å²) in [6, 6.07) is 42.0. The van der Waals surface area contributed by atoms with E-state index in [1.165, 1.54) is 22.1 Å². The van der Waals surface area contributed by atoms with Crippen LogP contribution in [0.5, 0.6) is 0 Å². The second kappa shape index (κ2) is 16.3. The predicted octanol–water partition coefficient (Wildman–Crippen LogP) is 13.5. The molecule has 4 aromatic heterocycles. The normalized spacial score (nSPS) is 12.8. The molecule has 7 heteroatoms. The van der Waals surface area contributed by atoms with Gasteiger partial charge in [-0.3, -0.25) is 16.3 Å². The number of benzene rings is 5. The number of furan rings is 1. The van der Waals surface area contributed by atoms with Crippen molar-refractivity contribution in [2.24, 2.45) is 11.3 Å². The van der Waals surface area contributed by atoms with Gasteiger partial charge in [0.1, 0.15) is 11.2 Å². The number of rotatable bonds is 7. The molecule has 0 aliphatic heterocycles. The van der Waals surface area contributed by atoms with Gasteiger partial charge in [0, 0.05) is 51.6 Å². The number of pyridine rings is 1. The fourth-order valence-corrected chi connectivity index (χ4v) is 9.85. The van der Waals surface area contributed by atoms with Crippen molar-refractivity contribution in [1.29, 1.82) is 0 Å². The van der Waals surface area contributed by atoms with E-state index < -0.39 is 19.9 Å². The summed E-state index contributed by atoms with van der Waals surface area (Å²) in [5.41, 5.74) is 9.12. The number of para-hydroxylation sites is 3. The molecule has 0 saturated carbocycles. The second-order valence-electron chi connectivity index (χ2n) is 17.1. The van der Waals surface area contributed by atoms with E-state index in [2.05, 4.69) is 103 Å². The maximum absolute atomic E-state index is 8.84. The quantitative estimate of drug-likeness (QED) is 0.118. The summed E-state index contributed by atoms with van der Waals surface area (Å²) >= 11 is 1.54. The van der Waals surface area contributed by atoms with Gasteiger partial charge in [0.05, 0.1) is 24.9 Å². The summed E-state index contributed by atoms with van der Waals surface area (Å²) in [6.45, 7) is 17.5. The van der Waals surface area contributed by atoms with Gasteiger partial charge in [-0.15, -0.1) is 47.3 Å². The number of thiophene rings is 1. The van der Waals surface area contributed by atoms with E-state index in [1.807, 2.05) is 93.6 Å². The molecule has 57 heavy (non-hydrogen) atoms. The molecule has 291 valence electrons. The fourth-order valence-electron chi connectivity index (χ4n) is 7.44. The molecular formula is C50H49IrN3OSSi-2. The van der Waals surface area contributed by atoms with Crippen LogP contribution >= 0.6 is 11.3 Å². The molecule has 4 heterocycles. The maximum atomic E-state index is 8.84. The molecule has 4 nitrogen and oxygen atoms in total. The molecule has 0 unspecified atom stereocenters. The van der Waals surface area contributed by atoms with Crippen molar-refractivity contribution >= 4 is 67.7 Å². The number of imidazole rings is 1. The standard InChI is InChI=1S/C32H25N2OS.C18H24NSi.Ir/c1-32(2,3)18-20-12-15-30-24(16-20)25(19-36-30)31-33-26-9-5-6-10-27(26)34(31)21-13-14-23-22-8-4-7-11-28(22)35-29(23)17-21;1-14(2)11-16-12-17(15-9-7-6-8-10-15)19-13-18(16)20(3,4)5;/h4-17H,18H2,1-3H3;6-9,12-14H,11H2,1-5H3;/q2*-1;/i18D2;;. The van der Waals surface area contributed by atoms with E-state index in [-0.39, 0.29) is 20.1 Å². The Labute approximate surface area is 358 Å². The van der Waals surface area contributed by atoms with Crippen LogP contribution in [0.4, 0.5) is 0 Å². The number of aromatic nitrogens is 3. The Morgan fingerprint density at radius 2 is 1.60 bits per heavy atom. The van der Waals surface area contributed by atoms with Gasteiger partial charge in [-0.2, -0.15) is 0 Å². The van der Waals surface area contributed by atoms with E-state index in [0.717, 1.165) is 77.8 Å². The van der Waals surface area contributed by atoms with Gasteiger partial charge >= 0.3 is 0 Å². The zero-order valence-electron chi connectivity index (χ0n) is 35.8. The third kappa shape index (κ3) is 8.63. The third-order valence-corrected chi connectivity index (χ3v) is 12.8. The van der Waals surface area contributed by atoms with Crippen molar-refractivity contribution in [3.63, 3.8) is 0 Å². The van der Waals surface area contributed by atoms with Gasteiger partial charge in [0.15, 0.2) is 0 Å². The van der Waals surface area contributed by atoms with Crippen molar-refractivity contribution in [2.45, 2.75) is 67.1 Å². The molecule has 1 radical (unpaired) electrons. The Morgan fingerprint density at radius 1 is 0.842 bits per heavy atom. The van der Waals surface area contributed by atoms with Crippen LogP contribution in [0, 0.1) is 22.8 Å². The first-order valence-corrected chi connectivity index (χ1v) is 23.7. The van der Waals surface area contributed by atoms with Crippen LogP contribution in [-0.2, 0) is 32.9 Å². The number of hydrogen-bond donors (Lipinski definition) is 0. The largest absolute Gasteiger partial charge is 0.456 e. The molecule has 0 aliphatic rings. The molecule has 0 bridgehead atoms. The molecule has 0 fully saturated rings. The molecule has 0 saturated heterocycles. The van der Waals surface area contributed by atoms with Crippen LogP contribution in [0.2, 0.25) is 19.6 Å². The number of fused-ring (bicyclic) bond motifs is 5. The smallest absolute Gasteiger partial charge is 0.137 e. The Bertz CT molecular complexity index is 2920. The summed E-state index contributed by atoms with van der Waals surface area (Å²) in [5, 5.41) is 8.12. The minimum Gasteiger partial charge on any atom is -0.456 e. The molecule has 0 aliphatic carbocycles. The zero-order chi connectivity index (χ0) is 41.0. The number of hydrogen-bond acceptors (Lipinski definition) is 4. The van der Waals surface area contributed by atoms with Crippen LogP contribution in [0.1, 0.15) is 48.5 Å². The molecular weight excluding hydrogens is 911 g/mol. The first-order chi connectivity index (χ1) is 27.6. The van der Waals surface area contributed by atoms with Gasteiger partial charge in [0.25, 0.3) is 0 Å². The summed E-state index contributed by atoms with van der Waals surface area (Å²) in [7, 11) is -1.34. The van der Waals surface area contributed by atoms with Crippen molar-refractivity contribution in [3.8, 4) is 28.3 Å². The minimum atomic E-state index is -1.49. The van der Waals surface area contributed by atoms with E-state index in [0.29, 0.717) is 11.5 Å². The summed E-state index contributed by atoms with van der Waals surface area (Å²) in [4.78, 5) is 9.75. The summed E-state index contributed by atoms with van der Waals surface area (Å²) < 4.78 is 27.1. The Morgan fingerprint density at radius 3 is 2.35 bits per heavy atom. The first-order valence-electron chi connectivity index (χ1n) is 20.4. The summed E-state index contributed by atoms with van der Waals surface area (Å²) in [6.07, 6.45) is 1.74. The van der Waals surface area contributed by atoms with Gasteiger partial charge < -0.3 is 14.0 Å². The maximum Gasteiger partial charge on any atom is 0.137 e. The number of nitrogens with zero attached hydrogens (tertiary/aromatic N) is 3. The van der Waals surface area contributed by atoms with E-state index in [4.69, 9.17) is 12.1 Å². The Balaban J connectivity index is 0.000000214. The first kappa shape index (κ1) is 37.9. The van der Waals surface area contributed by atoms with E-state index in [9.17, 15) is 0 Å². The van der Waals surface area contributed by atoms with Crippen molar-refractivity contribution < 1.29 is 27.3 Å². The molecule has 0 atom stereocenters. The van der Waals surface area contributed by atoms with Gasteiger partial charge in [-0.25, -0.2) is 0 Å². The van der Waals surface area contributed by atoms with Crippen molar-refractivity contribution in [1.82, 2.24) is 14.5 Å². The van der Waals surface area contributed by atoms with Crippen LogP contribution in [0.25, 0.3) is 71.4 Å². The van der Waals surface area contributed by atoms with Crippen molar-refractivity contribution in [2.75, 3.05) is 0 Å². The molecule has 9 rings (SSSR count). The SMILES string of the molecule is CC(C)Cc1cc(-c2[c-]cccc2)ncc1[Si](C)(C)C.[2H]C([2H])(c1ccc2s[c-]c(-c3nc4ccccc4n3-c3ccc4c(c3)oc3ccccc34)c2c1)C(C)(C)C.[Ir].